The van der Waals surface area contributed by atoms with Crippen LogP contribution in [0.3, 0.4) is 0 Å². The van der Waals surface area contributed by atoms with Crippen LogP contribution in [0.4, 0.5) is 5.69 Å². The molecule has 0 radical (unpaired) electrons. The van der Waals surface area contributed by atoms with Crippen molar-refractivity contribution in [3.05, 3.63) is 59.2 Å². The zero-order chi connectivity index (χ0) is 17.5. The van der Waals surface area contributed by atoms with E-state index in [0.717, 1.165) is 0 Å². The molecule has 0 spiro atoms. The first-order valence-corrected chi connectivity index (χ1v) is 6.88. The van der Waals surface area contributed by atoms with E-state index in [9.17, 15) is 15.2 Å². The van der Waals surface area contributed by atoms with Gasteiger partial charge in [-0.15, -0.1) is 0 Å². The second-order valence-electron chi connectivity index (χ2n) is 4.71. The SMILES string of the molecule is COc1ccc(O)c(/C=C(\C#N)C(=O)Nc2ccccc2C#N)c1. The monoisotopic (exact) mass is 319 g/mol. The number of ether oxygens (including phenoxy) is 1. The number of phenolic OH excluding ortho intramolecular Hbond substituents is 1. The molecule has 0 bridgehead atoms. The number of hydrogen-bond donors (Lipinski definition) is 2. The van der Waals surface area contributed by atoms with E-state index in [2.05, 4.69) is 5.32 Å². The van der Waals surface area contributed by atoms with Gasteiger partial charge in [0.25, 0.3) is 5.91 Å². The van der Waals surface area contributed by atoms with E-state index < -0.39 is 5.91 Å². The second kappa shape index (κ2) is 7.48. The summed E-state index contributed by atoms with van der Waals surface area (Å²) in [4.78, 5) is 12.3. The van der Waals surface area contributed by atoms with Crippen LogP contribution in [0.25, 0.3) is 6.08 Å². The summed E-state index contributed by atoms with van der Waals surface area (Å²) < 4.78 is 5.05. The number of hydrogen-bond acceptors (Lipinski definition) is 5. The minimum atomic E-state index is -0.678. The third kappa shape index (κ3) is 3.70. The molecule has 2 aromatic rings. The van der Waals surface area contributed by atoms with E-state index in [0.29, 0.717) is 11.4 Å². The lowest BCUT2D eigenvalue weighted by Gasteiger charge is -2.07. The summed E-state index contributed by atoms with van der Waals surface area (Å²) in [5.41, 5.74) is 0.647. The van der Waals surface area contributed by atoms with Crippen molar-refractivity contribution in [2.24, 2.45) is 0 Å². The molecule has 2 N–H and O–H groups in total. The van der Waals surface area contributed by atoms with Gasteiger partial charge in [-0.3, -0.25) is 4.79 Å². The summed E-state index contributed by atoms with van der Waals surface area (Å²) in [6, 6.07) is 14.7. The predicted octanol–water partition coefficient (Wildman–Crippen LogP) is 2.82. The van der Waals surface area contributed by atoms with Gasteiger partial charge in [0, 0.05) is 5.56 Å². The smallest absolute Gasteiger partial charge is 0.266 e. The van der Waals surface area contributed by atoms with Gasteiger partial charge < -0.3 is 15.2 Å². The van der Waals surface area contributed by atoms with Crippen molar-refractivity contribution >= 4 is 17.7 Å². The number of nitrogens with zero attached hydrogens (tertiary/aromatic N) is 2. The molecule has 0 saturated carbocycles. The summed E-state index contributed by atoms with van der Waals surface area (Å²) in [6.07, 6.45) is 1.25. The minimum absolute atomic E-state index is 0.0891. The van der Waals surface area contributed by atoms with Crippen molar-refractivity contribution in [3.63, 3.8) is 0 Å². The normalized spacial score (nSPS) is 10.4. The molecule has 0 aromatic heterocycles. The highest BCUT2D eigenvalue weighted by atomic mass is 16.5. The molecule has 0 aliphatic heterocycles. The second-order valence-corrected chi connectivity index (χ2v) is 4.71. The summed E-state index contributed by atoms with van der Waals surface area (Å²) in [5, 5.41) is 30.6. The lowest BCUT2D eigenvalue weighted by atomic mass is 10.1. The fourth-order valence-corrected chi connectivity index (χ4v) is 1.96. The van der Waals surface area contributed by atoms with Crippen LogP contribution in [0.15, 0.2) is 48.0 Å². The number of rotatable bonds is 4. The maximum absolute atomic E-state index is 12.3. The topological polar surface area (TPSA) is 106 Å². The zero-order valence-electron chi connectivity index (χ0n) is 12.8. The Balaban J connectivity index is 2.33. The molecule has 0 aliphatic rings. The molecule has 0 fully saturated rings. The Morgan fingerprint density at radius 3 is 2.67 bits per heavy atom. The number of aromatic hydroxyl groups is 1. The van der Waals surface area contributed by atoms with Crippen LogP contribution >= 0.6 is 0 Å². The summed E-state index contributed by atoms with van der Waals surface area (Å²) in [7, 11) is 1.47. The van der Waals surface area contributed by atoms with Crippen molar-refractivity contribution in [2.45, 2.75) is 0 Å². The van der Waals surface area contributed by atoms with Gasteiger partial charge in [-0.1, -0.05) is 12.1 Å². The van der Waals surface area contributed by atoms with Gasteiger partial charge in [-0.2, -0.15) is 10.5 Å². The van der Waals surface area contributed by atoms with E-state index in [-0.39, 0.29) is 22.4 Å². The fourth-order valence-electron chi connectivity index (χ4n) is 1.96. The third-order valence-corrected chi connectivity index (χ3v) is 3.20. The Morgan fingerprint density at radius 1 is 1.25 bits per heavy atom. The number of anilines is 1. The summed E-state index contributed by atoms with van der Waals surface area (Å²) >= 11 is 0. The zero-order valence-corrected chi connectivity index (χ0v) is 12.8. The molecule has 0 saturated heterocycles. The molecule has 0 unspecified atom stereocenters. The average Bonchev–Trinajstić information content (AvgIpc) is 2.61. The Morgan fingerprint density at radius 2 is 2.00 bits per heavy atom. The van der Waals surface area contributed by atoms with Crippen LogP contribution < -0.4 is 10.1 Å². The maximum Gasteiger partial charge on any atom is 0.266 e. The average molecular weight is 319 g/mol. The molecule has 0 aliphatic carbocycles. The van der Waals surface area contributed by atoms with Gasteiger partial charge in [-0.25, -0.2) is 0 Å². The number of amides is 1. The van der Waals surface area contributed by atoms with Gasteiger partial charge in [0.2, 0.25) is 0 Å². The fraction of sp³-hybridized carbons (Fsp3) is 0.0556. The molecule has 0 atom stereocenters. The number of para-hydroxylation sites is 1. The highest BCUT2D eigenvalue weighted by molar-refractivity contribution is 6.10. The number of methoxy groups -OCH3 is 1. The Kier molecular flexibility index (Phi) is 5.17. The Bertz CT molecular complexity index is 889. The van der Waals surface area contributed by atoms with E-state index in [1.54, 1.807) is 36.4 Å². The molecule has 0 heterocycles. The van der Waals surface area contributed by atoms with Crippen molar-refractivity contribution in [1.29, 1.82) is 10.5 Å². The Hall–Kier alpha value is -3.77. The molecule has 118 valence electrons. The van der Waals surface area contributed by atoms with Crippen LogP contribution in [-0.4, -0.2) is 18.1 Å². The standard InChI is InChI=1S/C18H13N3O3/c1-24-15-6-7-17(22)13(9-15)8-14(11-20)18(23)21-16-5-3-2-4-12(16)10-19/h2-9,22H,1H3,(H,21,23)/b14-8+. The molecular weight excluding hydrogens is 306 g/mol. The van der Waals surface area contributed by atoms with Gasteiger partial charge in [-0.05, 0) is 36.4 Å². The number of nitriles is 2. The third-order valence-electron chi connectivity index (χ3n) is 3.20. The van der Waals surface area contributed by atoms with E-state index in [4.69, 9.17) is 10.00 Å². The molecular formula is C18H13N3O3. The molecule has 1 amide bonds. The minimum Gasteiger partial charge on any atom is -0.507 e. The van der Waals surface area contributed by atoms with E-state index in [1.165, 1.54) is 25.3 Å². The first kappa shape index (κ1) is 16.6. The van der Waals surface area contributed by atoms with Gasteiger partial charge in [0.1, 0.15) is 29.2 Å². The summed E-state index contributed by atoms with van der Waals surface area (Å²) in [6.45, 7) is 0. The highest BCUT2D eigenvalue weighted by Gasteiger charge is 2.13. The van der Waals surface area contributed by atoms with Crippen molar-refractivity contribution in [2.75, 3.05) is 12.4 Å². The quantitative estimate of drug-likeness (QED) is 0.665. The largest absolute Gasteiger partial charge is 0.507 e. The number of carbonyl (C=O) groups is 1. The van der Waals surface area contributed by atoms with Crippen LogP contribution in [0.1, 0.15) is 11.1 Å². The first-order chi connectivity index (χ1) is 11.6. The van der Waals surface area contributed by atoms with Gasteiger partial charge in [0.05, 0.1) is 18.4 Å². The predicted molar refractivity (Wildman–Crippen MR) is 88.0 cm³/mol. The maximum atomic E-state index is 12.3. The lowest BCUT2D eigenvalue weighted by Crippen LogP contribution is -2.14. The first-order valence-electron chi connectivity index (χ1n) is 6.88. The van der Waals surface area contributed by atoms with Crippen LogP contribution in [0.2, 0.25) is 0 Å². The lowest BCUT2D eigenvalue weighted by molar-refractivity contribution is -0.112. The summed E-state index contributed by atoms with van der Waals surface area (Å²) in [5.74, 6) is -0.289. The van der Waals surface area contributed by atoms with Crippen LogP contribution in [0, 0.1) is 22.7 Å². The van der Waals surface area contributed by atoms with Gasteiger partial charge >= 0.3 is 0 Å². The van der Waals surface area contributed by atoms with Crippen molar-refractivity contribution in [3.8, 4) is 23.6 Å². The number of phenols is 1. The molecule has 2 rings (SSSR count). The van der Waals surface area contributed by atoms with Crippen LogP contribution in [-0.2, 0) is 4.79 Å². The van der Waals surface area contributed by atoms with Gasteiger partial charge in [0.15, 0.2) is 0 Å². The molecule has 6 nitrogen and oxygen atoms in total. The number of nitrogens with one attached hydrogen (secondary N) is 1. The highest BCUT2D eigenvalue weighted by Crippen LogP contribution is 2.25. The number of benzene rings is 2. The van der Waals surface area contributed by atoms with Crippen LogP contribution in [0.5, 0.6) is 11.5 Å². The number of carbonyl (C=O) groups excluding carboxylic acids is 1. The van der Waals surface area contributed by atoms with Crippen molar-refractivity contribution < 1.29 is 14.6 Å². The molecule has 2 aromatic carbocycles. The van der Waals surface area contributed by atoms with E-state index in [1.807, 2.05) is 6.07 Å². The Labute approximate surface area is 138 Å². The molecule has 6 heteroatoms. The van der Waals surface area contributed by atoms with E-state index >= 15 is 0 Å². The molecule has 24 heavy (non-hydrogen) atoms. The van der Waals surface area contributed by atoms with Crippen molar-refractivity contribution in [1.82, 2.24) is 0 Å².